The number of aromatic amines is 1. The number of aromatic nitrogens is 4. The minimum atomic E-state index is -0.434. The van der Waals surface area contributed by atoms with Crippen LogP contribution in [0.15, 0.2) is 48.9 Å². The Morgan fingerprint density at radius 1 is 1.20 bits per heavy atom. The number of amides is 1. The van der Waals surface area contributed by atoms with Gasteiger partial charge in [-0.3, -0.25) is 10.2 Å². The van der Waals surface area contributed by atoms with Gasteiger partial charge in [-0.15, -0.1) is 0 Å². The standard InChI is InChI=1S/C28H31FN8O3/c1-17(16-39-2)35-28(38)21-14-33-27-26(21)36-23(15-34-27)25(30)20-5-4-19(29)11-22(20)31-12-18-3-6-24(32-13-18)37-7-9-40-10-8-37/h3-6,11,13-15,17,30-31H,7-10,12,16H2,1-2H3,(H,33,34)(H,35,38). The number of ether oxygens (including phenoxy) is 2. The van der Waals surface area contributed by atoms with Crippen LogP contribution < -0.4 is 15.5 Å². The van der Waals surface area contributed by atoms with Crippen molar-refractivity contribution in [3.8, 4) is 0 Å². The lowest BCUT2D eigenvalue weighted by molar-refractivity contribution is 0.0907. The summed E-state index contributed by atoms with van der Waals surface area (Å²) < 4.78 is 24.7. The maximum Gasteiger partial charge on any atom is 0.255 e. The van der Waals surface area contributed by atoms with Gasteiger partial charge < -0.3 is 30.0 Å². The van der Waals surface area contributed by atoms with Crippen LogP contribution in [0.2, 0.25) is 0 Å². The first-order chi connectivity index (χ1) is 19.4. The Labute approximate surface area is 230 Å². The molecular weight excluding hydrogens is 515 g/mol. The molecular formula is C28H31FN8O3. The lowest BCUT2D eigenvalue weighted by Gasteiger charge is -2.27. The molecule has 0 radical (unpaired) electrons. The number of nitrogens with one attached hydrogen (secondary N) is 4. The van der Waals surface area contributed by atoms with E-state index in [-0.39, 0.29) is 23.4 Å². The van der Waals surface area contributed by atoms with Gasteiger partial charge in [0.1, 0.15) is 22.8 Å². The molecule has 1 fully saturated rings. The van der Waals surface area contributed by atoms with Crippen LogP contribution in [-0.4, -0.2) is 77.6 Å². The van der Waals surface area contributed by atoms with Crippen LogP contribution in [0.5, 0.6) is 0 Å². The fourth-order valence-corrected chi connectivity index (χ4v) is 4.49. The highest BCUT2D eigenvalue weighted by Crippen LogP contribution is 2.23. The molecule has 0 bridgehead atoms. The van der Waals surface area contributed by atoms with Gasteiger partial charge in [0.15, 0.2) is 5.65 Å². The molecule has 1 atom stereocenters. The van der Waals surface area contributed by atoms with Crippen molar-refractivity contribution in [2.75, 3.05) is 50.2 Å². The third-order valence-electron chi connectivity index (χ3n) is 6.55. The second-order valence-electron chi connectivity index (χ2n) is 9.53. The van der Waals surface area contributed by atoms with E-state index < -0.39 is 5.82 Å². The van der Waals surface area contributed by atoms with Crippen molar-refractivity contribution in [1.29, 1.82) is 5.41 Å². The van der Waals surface area contributed by atoms with Gasteiger partial charge in [0.05, 0.1) is 37.3 Å². The Morgan fingerprint density at radius 2 is 2.02 bits per heavy atom. The molecule has 208 valence electrons. The average Bonchev–Trinajstić information content (AvgIpc) is 3.40. The first-order valence-electron chi connectivity index (χ1n) is 13.0. The van der Waals surface area contributed by atoms with E-state index in [9.17, 15) is 9.18 Å². The SMILES string of the molecule is COCC(C)NC(=O)c1c[nH]c2ncc(C(=N)c3ccc(F)cc3NCc3ccc(N4CCOCC4)nc3)nc12. The molecule has 5 rings (SSSR count). The summed E-state index contributed by atoms with van der Waals surface area (Å²) >= 11 is 0. The minimum absolute atomic E-state index is 0.0398. The van der Waals surface area contributed by atoms with Crippen LogP contribution in [0.1, 0.15) is 34.1 Å². The van der Waals surface area contributed by atoms with Gasteiger partial charge >= 0.3 is 0 Å². The topological polar surface area (TPSA) is 141 Å². The molecule has 4 N–H and O–H groups in total. The smallest absolute Gasteiger partial charge is 0.255 e. The van der Waals surface area contributed by atoms with Crippen LogP contribution in [0, 0.1) is 11.2 Å². The van der Waals surface area contributed by atoms with E-state index in [0.717, 1.165) is 24.5 Å². The fraction of sp³-hybridized carbons (Fsp3) is 0.321. The summed E-state index contributed by atoms with van der Waals surface area (Å²) in [7, 11) is 1.56. The molecule has 1 aliphatic rings. The molecule has 0 aliphatic carbocycles. The van der Waals surface area contributed by atoms with Gasteiger partial charge in [-0.25, -0.2) is 19.3 Å². The summed E-state index contributed by atoms with van der Waals surface area (Å²) in [6, 6.07) is 7.91. The van der Waals surface area contributed by atoms with Crippen molar-refractivity contribution >= 4 is 34.3 Å². The Kier molecular flexibility index (Phi) is 8.27. The van der Waals surface area contributed by atoms with Crippen LogP contribution in [0.25, 0.3) is 11.2 Å². The van der Waals surface area contributed by atoms with E-state index in [2.05, 4.69) is 35.5 Å². The monoisotopic (exact) mass is 546 g/mol. The number of fused-ring (bicyclic) bond motifs is 1. The highest BCUT2D eigenvalue weighted by atomic mass is 19.1. The van der Waals surface area contributed by atoms with Crippen molar-refractivity contribution in [3.63, 3.8) is 0 Å². The third kappa shape index (κ3) is 6.08. The number of nitrogens with zero attached hydrogens (tertiary/aromatic N) is 4. The summed E-state index contributed by atoms with van der Waals surface area (Å²) in [5.41, 5.74) is 3.15. The first-order valence-corrected chi connectivity index (χ1v) is 13.0. The maximum atomic E-state index is 14.2. The zero-order chi connectivity index (χ0) is 28.1. The molecule has 1 amide bonds. The molecule has 1 saturated heterocycles. The largest absolute Gasteiger partial charge is 0.383 e. The van der Waals surface area contributed by atoms with Crippen LogP contribution in [0.3, 0.4) is 0 Å². The van der Waals surface area contributed by atoms with Gasteiger partial charge in [-0.1, -0.05) is 6.07 Å². The quantitative estimate of drug-likeness (QED) is 0.222. The zero-order valence-corrected chi connectivity index (χ0v) is 22.3. The molecule has 3 aromatic heterocycles. The second-order valence-corrected chi connectivity index (χ2v) is 9.53. The van der Waals surface area contributed by atoms with Gasteiger partial charge in [0.2, 0.25) is 0 Å². The highest BCUT2D eigenvalue weighted by Gasteiger charge is 2.19. The highest BCUT2D eigenvalue weighted by molar-refractivity contribution is 6.14. The van der Waals surface area contributed by atoms with Crippen molar-refractivity contribution < 1.29 is 18.7 Å². The molecule has 4 heterocycles. The molecule has 11 nitrogen and oxygen atoms in total. The van der Waals surface area contributed by atoms with Gasteiger partial charge in [0.25, 0.3) is 5.91 Å². The number of halogens is 1. The van der Waals surface area contributed by atoms with Gasteiger partial charge in [-0.05, 0) is 36.8 Å². The number of rotatable bonds is 10. The number of pyridine rings is 1. The van der Waals surface area contributed by atoms with E-state index in [0.29, 0.717) is 54.3 Å². The second kappa shape index (κ2) is 12.2. The number of anilines is 2. The number of carbonyl (C=O) groups is 1. The summed E-state index contributed by atoms with van der Waals surface area (Å²) in [5.74, 6) is 0.127. The Hall–Kier alpha value is -4.42. The van der Waals surface area contributed by atoms with E-state index in [1.54, 1.807) is 13.3 Å². The number of hydrogen-bond acceptors (Lipinski definition) is 9. The van der Waals surface area contributed by atoms with E-state index in [1.807, 2.05) is 19.1 Å². The predicted molar refractivity (Wildman–Crippen MR) is 150 cm³/mol. The first kappa shape index (κ1) is 27.2. The van der Waals surface area contributed by atoms with Crippen molar-refractivity contribution in [2.45, 2.75) is 19.5 Å². The van der Waals surface area contributed by atoms with E-state index >= 15 is 0 Å². The number of H-pyrrole nitrogens is 1. The number of methoxy groups -OCH3 is 1. The summed E-state index contributed by atoms with van der Waals surface area (Å²) in [6.45, 7) is 5.55. The van der Waals surface area contributed by atoms with E-state index in [1.165, 1.54) is 30.6 Å². The van der Waals surface area contributed by atoms with Crippen molar-refractivity contribution in [2.24, 2.45) is 0 Å². The molecule has 1 unspecified atom stereocenters. The molecule has 40 heavy (non-hydrogen) atoms. The molecule has 12 heteroatoms. The number of morpholine rings is 1. The van der Waals surface area contributed by atoms with Crippen LogP contribution in [0.4, 0.5) is 15.9 Å². The summed E-state index contributed by atoms with van der Waals surface area (Å²) in [4.78, 5) is 31.4. The predicted octanol–water partition coefficient (Wildman–Crippen LogP) is 3.12. The number of hydrogen-bond donors (Lipinski definition) is 4. The van der Waals surface area contributed by atoms with Gasteiger partial charge in [0, 0.05) is 56.4 Å². The molecule has 1 aromatic carbocycles. The number of benzene rings is 1. The Morgan fingerprint density at radius 3 is 2.77 bits per heavy atom. The average molecular weight is 547 g/mol. The summed E-state index contributed by atoms with van der Waals surface area (Å²) in [6.07, 6.45) is 4.78. The zero-order valence-electron chi connectivity index (χ0n) is 22.3. The van der Waals surface area contributed by atoms with Gasteiger partial charge in [-0.2, -0.15) is 0 Å². The van der Waals surface area contributed by atoms with Crippen molar-refractivity contribution in [3.05, 3.63) is 77.1 Å². The lowest BCUT2D eigenvalue weighted by Crippen LogP contribution is -2.36. The minimum Gasteiger partial charge on any atom is -0.383 e. The fourth-order valence-electron chi connectivity index (χ4n) is 4.49. The van der Waals surface area contributed by atoms with Crippen LogP contribution >= 0.6 is 0 Å². The Balaban J connectivity index is 1.34. The molecule has 0 saturated carbocycles. The maximum absolute atomic E-state index is 14.2. The third-order valence-corrected chi connectivity index (χ3v) is 6.55. The molecule has 1 aliphatic heterocycles. The van der Waals surface area contributed by atoms with Crippen molar-refractivity contribution in [1.82, 2.24) is 25.3 Å². The molecule has 0 spiro atoms. The molecule has 4 aromatic rings. The van der Waals surface area contributed by atoms with E-state index in [4.69, 9.17) is 14.9 Å². The normalized spacial score (nSPS) is 14.2. The lowest BCUT2D eigenvalue weighted by atomic mass is 10.0. The summed E-state index contributed by atoms with van der Waals surface area (Å²) in [5, 5.41) is 14.9. The Bertz CT molecular complexity index is 1500. The number of carbonyl (C=O) groups excluding carboxylic acids is 1. The van der Waals surface area contributed by atoms with Crippen LogP contribution in [-0.2, 0) is 16.0 Å².